The topological polar surface area (TPSA) is 231 Å². The average molecular weight is 594 g/mol. The van der Waals surface area contributed by atoms with Crippen LogP contribution in [-0.2, 0) is 16.1 Å². The first-order valence-electron chi connectivity index (χ1n) is 13.8. The Hall–Kier alpha value is -1.85. The van der Waals surface area contributed by atoms with Crippen LogP contribution in [0.25, 0.3) is 0 Å². The summed E-state index contributed by atoms with van der Waals surface area (Å²) in [6, 6.07) is -0.954. The Morgan fingerprint density at radius 1 is 0.900 bits per heavy atom. The van der Waals surface area contributed by atoms with Crippen molar-refractivity contribution in [3.63, 3.8) is 0 Å². The van der Waals surface area contributed by atoms with E-state index in [1.54, 1.807) is 0 Å². The number of nitrogens with one attached hydrogen (secondary N) is 2. The van der Waals surface area contributed by atoms with Gasteiger partial charge < -0.3 is 46.4 Å². The molecule has 0 aliphatic carbocycles. The van der Waals surface area contributed by atoms with Crippen molar-refractivity contribution in [2.75, 3.05) is 30.0 Å². The van der Waals surface area contributed by atoms with Crippen LogP contribution >= 0.6 is 11.8 Å². The van der Waals surface area contributed by atoms with Gasteiger partial charge in [-0.3, -0.25) is 9.59 Å². The van der Waals surface area contributed by atoms with Crippen molar-refractivity contribution in [2.24, 2.45) is 0 Å². The molecule has 0 radical (unpaired) electrons. The van der Waals surface area contributed by atoms with Crippen LogP contribution in [0.5, 0.6) is 0 Å². The lowest BCUT2D eigenvalue weighted by Gasteiger charge is -2.25. The zero-order chi connectivity index (χ0) is 29.9. The standard InChI is InChI=1S/C25H47N5O9S/c1-2-3-4-5-6-7-8-9-10-22(36)26-18(16-40-15-17(33)13-31)25(39)27-21-12-30(29-28-21)11-19(34)23(37)24(38)20(35)14-32/h12,17-20,23-24,31-35,37-38H,2-11,13-16H2,1H3,(H,26,36)(H,27,39)/t17-,18-,19+,20-,23+,24-/m1/s1. The fourth-order valence-corrected chi connectivity index (χ4v) is 4.75. The van der Waals surface area contributed by atoms with Gasteiger partial charge in [0.15, 0.2) is 5.82 Å². The highest BCUT2D eigenvalue weighted by atomic mass is 32.2. The molecule has 2 amide bonds. The first-order chi connectivity index (χ1) is 19.1. The number of aliphatic hydroxyl groups is 7. The maximum atomic E-state index is 12.9. The summed E-state index contributed by atoms with van der Waals surface area (Å²) in [5.74, 6) is -0.550. The molecule has 1 heterocycles. The highest BCUT2D eigenvalue weighted by Crippen LogP contribution is 2.12. The van der Waals surface area contributed by atoms with E-state index in [1.807, 2.05) is 0 Å². The van der Waals surface area contributed by atoms with Gasteiger partial charge in [-0.05, 0) is 6.42 Å². The molecule has 0 aliphatic heterocycles. The quantitative estimate of drug-likeness (QED) is 0.0678. The summed E-state index contributed by atoms with van der Waals surface area (Å²) < 4.78 is 1.10. The fraction of sp³-hybridized carbons (Fsp3) is 0.840. The number of unbranched alkanes of at least 4 members (excludes halogenated alkanes) is 7. The second kappa shape index (κ2) is 20.9. The van der Waals surface area contributed by atoms with E-state index in [0.717, 1.165) is 23.9 Å². The first-order valence-corrected chi connectivity index (χ1v) is 15.0. The summed E-state index contributed by atoms with van der Waals surface area (Å²) in [7, 11) is 0. The Morgan fingerprint density at radius 2 is 1.52 bits per heavy atom. The minimum Gasteiger partial charge on any atom is -0.394 e. The number of amides is 2. The fourth-order valence-electron chi connectivity index (χ4n) is 3.76. The van der Waals surface area contributed by atoms with E-state index >= 15 is 0 Å². The average Bonchev–Trinajstić information content (AvgIpc) is 3.38. The molecule has 6 atom stereocenters. The molecule has 9 N–H and O–H groups in total. The van der Waals surface area contributed by atoms with Gasteiger partial charge in [-0.25, -0.2) is 4.68 Å². The highest BCUT2D eigenvalue weighted by molar-refractivity contribution is 7.99. The van der Waals surface area contributed by atoms with Crippen molar-refractivity contribution in [1.29, 1.82) is 0 Å². The van der Waals surface area contributed by atoms with Gasteiger partial charge in [0.2, 0.25) is 11.8 Å². The van der Waals surface area contributed by atoms with Crippen LogP contribution in [0.3, 0.4) is 0 Å². The summed E-state index contributed by atoms with van der Waals surface area (Å²) in [6.07, 6.45) is 2.47. The smallest absolute Gasteiger partial charge is 0.249 e. The van der Waals surface area contributed by atoms with Crippen molar-refractivity contribution in [1.82, 2.24) is 20.3 Å². The normalized spacial score (nSPS) is 16.1. The Kier molecular flexibility index (Phi) is 18.9. The monoisotopic (exact) mass is 593 g/mol. The Bertz CT molecular complexity index is 834. The van der Waals surface area contributed by atoms with Crippen LogP contribution in [0.2, 0.25) is 0 Å². The number of anilines is 1. The number of rotatable bonds is 23. The zero-order valence-electron chi connectivity index (χ0n) is 23.1. The number of carbonyl (C=O) groups excluding carboxylic acids is 2. The molecular weight excluding hydrogens is 546 g/mol. The van der Waals surface area contributed by atoms with E-state index in [2.05, 4.69) is 27.9 Å². The second-order valence-electron chi connectivity index (χ2n) is 9.83. The predicted molar refractivity (Wildman–Crippen MR) is 149 cm³/mol. The van der Waals surface area contributed by atoms with Crippen molar-refractivity contribution < 1.29 is 45.3 Å². The second-order valence-corrected chi connectivity index (χ2v) is 10.9. The molecule has 0 bridgehead atoms. The Morgan fingerprint density at radius 3 is 2.15 bits per heavy atom. The largest absolute Gasteiger partial charge is 0.394 e. The number of thioether (sulfide) groups is 1. The molecule has 0 saturated carbocycles. The predicted octanol–water partition coefficient (Wildman–Crippen LogP) is -1.25. The SMILES string of the molecule is CCCCCCCCCCC(=O)N[C@H](CSC[C@H](O)CO)C(=O)Nc1cn(C[C@H](O)[C@H](O)[C@H](O)[C@H](O)CO)nn1. The van der Waals surface area contributed by atoms with E-state index < -0.39 is 55.7 Å². The molecule has 1 aromatic heterocycles. The number of nitrogens with zero attached hydrogens (tertiary/aromatic N) is 3. The molecule has 1 rings (SSSR count). The maximum absolute atomic E-state index is 12.9. The number of aliphatic hydroxyl groups excluding tert-OH is 7. The molecule has 40 heavy (non-hydrogen) atoms. The lowest BCUT2D eigenvalue weighted by molar-refractivity contribution is -0.126. The van der Waals surface area contributed by atoms with Gasteiger partial charge in [0, 0.05) is 17.9 Å². The van der Waals surface area contributed by atoms with E-state index in [1.165, 1.54) is 43.6 Å². The Balaban J connectivity index is 2.64. The van der Waals surface area contributed by atoms with Crippen LogP contribution in [0, 0.1) is 0 Å². The van der Waals surface area contributed by atoms with Crippen molar-refractivity contribution in [2.45, 2.75) is 108 Å². The summed E-state index contributed by atoms with van der Waals surface area (Å²) in [6.45, 7) is 0.601. The lowest BCUT2D eigenvalue weighted by atomic mass is 10.0. The van der Waals surface area contributed by atoms with Gasteiger partial charge in [0.05, 0.1) is 32.1 Å². The van der Waals surface area contributed by atoms with Gasteiger partial charge in [-0.1, -0.05) is 57.1 Å². The first kappa shape index (κ1) is 36.2. The van der Waals surface area contributed by atoms with Crippen LogP contribution in [0.15, 0.2) is 6.20 Å². The molecule has 232 valence electrons. The summed E-state index contributed by atoms with van der Waals surface area (Å²) in [5.41, 5.74) is 0. The van der Waals surface area contributed by atoms with E-state index in [-0.39, 0.29) is 36.2 Å². The van der Waals surface area contributed by atoms with Crippen LogP contribution < -0.4 is 10.6 Å². The molecule has 0 saturated heterocycles. The van der Waals surface area contributed by atoms with Crippen LogP contribution in [0.1, 0.15) is 64.7 Å². The Labute approximate surface area is 239 Å². The molecule has 0 aliphatic rings. The molecular formula is C25H47N5O9S. The van der Waals surface area contributed by atoms with Crippen LogP contribution in [-0.4, -0.2) is 124 Å². The minimum absolute atomic E-state index is 0.00495. The number of carbonyl (C=O) groups is 2. The van der Waals surface area contributed by atoms with Gasteiger partial charge in [-0.15, -0.1) is 5.10 Å². The van der Waals surface area contributed by atoms with Crippen molar-refractivity contribution in [3.8, 4) is 0 Å². The minimum atomic E-state index is -1.79. The third kappa shape index (κ3) is 14.7. The lowest BCUT2D eigenvalue weighted by Crippen LogP contribution is -2.47. The summed E-state index contributed by atoms with van der Waals surface area (Å²) in [5, 5.41) is 79.5. The number of hydrogen-bond donors (Lipinski definition) is 9. The number of hydrogen-bond acceptors (Lipinski definition) is 12. The van der Waals surface area contributed by atoms with Crippen molar-refractivity contribution in [3.05, 3.63) is 6.20 Å². The third-order valence-corrected chi connectivity index (χ3v) is 7.39. The van der Waals surface area contributed by atoms with Crippen molar-refractivity contribution >= 4 is 29.4 Å². The van der Waals surface area contributed by atoms with E-state index in [0.29, 0.717) is 6.42 Å². The van der Waals surface area contributed by atoms with Gasteiger partial charge in [0.25, 0.3) is 0 Å². The van der Waals surface area contributed by atoms with Crippen LogP contribution in [0.4, 0.5) is 5.82 Å². The third-order valence-electron chi connectivity index (χ3n) is 6.20. The van der Waals surface area contributed by atoms with Gasteiger partial charge in [0.1, 0.15) is 30.5 Å². The van der Waals surface area contributed by atoms with Gasteiger partial charge in [-0.2, -0.15) is 11.8 Å². The maximum Gasteiger partial charge on any atom is 0.249 e. The molecule has 0 fully saturated rings. The summed E-state index contributed by atoms with van der Waals surface area (Å²) >= 11 is 1.19. The molecule has 1 aromatic rings. The van der Waals surface area contributed by atoms with Gasteiger partial charge >= 0.3 is 0 Å². The van der Waals surface area contributed by atoms with E-state index in [9.17, 15) is 35.1 Å². The molecule has 0 unspecified atom stereocenters. The highest BCUT2D eigenvalue weighted by Gasteiger charge is 2.30. The van der Waals surface area contributed by atoms with E-state index in [4.69, 9.17) is 10.2 Å². The zero-order valence-corrected chi connectivity index (χ0v) is 24.0. The molecule has 0 aromatic carbocycles. The molecule has 0 spiro atoms. The number of aromatic nitrogens is 3. The molecule has 14 nitrogen and oxygen atoms in total. The summed E-state index contributed by atoms with van der Waals surface area (Å²) in [4.78, 5) is 25.5. The molecule has 15 heteroatoms.